The molecule has 4 aromatic rings. The van der Waals surface area contributed by atoms with Crippen LogP contribution >= 0.6 is 23.1 Å². The number of rotatable bonds is 8. The first-order chi connectivity index (χ1) is 15.1. The van der Waals surface area contributed by atoms with Crippen LogP contribution in [0, 0.1) is 6.92 Å². The van der Waals surface area contributed by atoms with Gasteiger partial charge in [0.25, 0.3) is 0 Å². The summed E-state index contributed by atoms with van der Waals surface area (Å²) in [5.41, 5.74) is 3.79. The van der Waals surface area contributed by atoms with Gasteiger partial charge in [-0.3, -0.25) is 14.3 Å². The molecule has 0 radical (unpaired) electrons. The first-order valence-corrected chi connectivity index (χ1v) is 11.4. The van der Waals surface area contributed by atoms with E-state index < -0.39 is 0 Å². The van der Waals surface area contributed by atoms with Crippen LogP contribution in [-0.2, 0) is 11.3 Å². The molecule has 0 aliphatic rings. The Morgan fingerprint density at radius 3 is 2.77 bits per heavy atom. The van der Waals surface area contributed by atoms with Crippen molar-refractivity contribution in [2.45, 2.75) is 18.6 Å². The van der Waals surface area contributed by atoms with Gasteiger partial charge in [0.1, 0.15) is 5.69 Å². The summed E-state index contributed by atoms with van der Waals surface area (Å²) >= 11 is 2.72. The van der Waals surface area contributed by atoms with E-state index in [2.05, 4.69) is 32.1 Å². The van der Waals surface area contributed by atoms with Gasteiger partial charge in [-0.25, -0.2) is 4.98 Å². The Labute approximate surface area is 188 Å². The van der Waals surface area contributed by atoms with Crippen LogP contribution in [0.3, 0.4) is 0 Å². The maximum atomic E-state index is 12.5. The van der Waals surface area contributed by atoms with E-state index in [4.69, 9.17) is 0 Å². The molecule has 0 unspecified atom stereocenters. The van der Waals surface area contributed by atoms with Gasteiger partial charge in [0, 0.05) is 23.7 Å². The molecule has 3 aromatic heterocycles. The van der Waals surface area contributed by atoms with E-state index in [0.29, 0.717) is 22.7 Å². The highest BCUT2D eigenvalue weighted by Crippen LogP contribution is 2.26. The molecule has 0 bridgehead atoms. The molecule has 1 N–H and O–H groups in total. The van der Waals surface area contributed by atoms with Crippen molar-refractivity contribution in [2.24, 2.45) is 0 Å². The Morgan fingerprint density at radius 1 is 1.19 bits per heavy atom. The van der Waals surface area contributed by atoms with Crippen molar-refractivity contribution in [3.8, 4) is 22.8 Å². The summed E-state index contributed by atoms with van der Waals surface area (Å²) < 4.78 is 1.90. The van der Waals surface area contributed by atoms with Crippen molar-refractivity contribution >= 4 is 34.1 Å². The fourth-order valence-corrected chi connectivity index (χ4v) is 4.33. The molecule has 31 heavy (non-hydrogen) atoms. The number of carbonyl (C=O) groups excluding carboxylic acids is 1. The van der Waals surface area contributed by atoms with Gasteiger partial charge in [-0.1, -0.05) is 53.7 Å². The number of pyridine rings is 1. The quantitative estimate of drug-likeness (QED) is 0.311. The summed E-state index contributed by atoms with van der Waals surface area (Å²) in [6, 6.07) is 13.8. The SMILES string of the molecule is C=CCn1c(SCC(=O)Nc2nc(-c3ccc(C)cc3)cs2)nnc1-c1ccccn1. The Balaban J connectivity index is 1.41. The van der Waals surface area contributed by atoms with Gasteiger partial charge >= 0.3 is 0 Å². The van der Waals surface area contributed by atoms with Crippen LogP contribution in [-0.4, -0.2) is 36.4 Å². The number of aromatic nitrogens is 5. The number of anilines is 1. The van der Waals surface area contributed by atoms with Crippen LogP contribution in [0.1, 0.15) is 5.56 Å². The lowest BCUT2D eigenvalue weighted by molar-refractivity contribution is -0.113. The normalized spacial score (nSPS) is 10.7. The lowest BCUT2D eigenvalue weighted by Crippen LogP contribution is -2.14. The Bertz CT molecular complexity index is 1180. The standard InChI is InChI=1S/C22H20N6OS2/c1-3-12-28-20(17-6-4-5-11-23-17)26-27-22(28)31-14-19(29)25-21-24-18(13-30-21)16-9-7-15(2)8-10-16/h3-11,13H,1,12,14H2,2H3,(H,24,25,29). The molecule has 0 aliphatic heterocycles. The molecule has 4 rings (SSSR count). The van der Waals surface area contributed by atoms with Gasteiger partial charge in [-0.15, -0.1) is 28.1 Å². The largest absolute Gasteiger partial charge is 0.301 e. The first-order valence-electron chi connectivity index (χ1n) is 9.55. The summed E-state index contributed by atoms with van der Waals surface area (Å²) in [4.78, 5) is 21.3. The monoisotopic (exact) mass is 448 g/mol. The molecule has 1 amide bonds. The molecule has 7 nitrogen and oxygen atoms in total. The zero-order valence-electron chi connectivity index (χ0n) is 16.9. The molecule has 0 fully saturated rings. The van der Waals surface area contributed by atoms with Crippen molar-refractivity contribution in [3.05, 3.63) is 72.3 Å². The summed E-state index contributed by atoms with van der Waals surface area (Å²) in [5, 5.41) is 14.5. The highest BCUT2D eigenvalue weighted by Gasteiger charge is 2.16. The number of benzene rings is 1. The van der Waals surface area contributed by atoms with Gasteiger partial charge in [0.2, 0.25) is 5.91 Å². The Morgan fingerprint density at radius 2 is 2.03 bits per heavy atom. The fraction of sp³-hybridized carbons (Fsp3) is 0.136. The molecule has 0 saturated heterocycles. The zero-order valence-corrected chi connectivity index (χ0v) is 18.5. The van der Waals surface area contributed by atoms with Crippen molar-refractivity contribution in [1.82, 2.24) is 24.7 Å². The molecule has 3 heterocycles. The number of nitrogens with one attached hydrogen (secondary N) is 1. The van der Waals surface area contributed by atoms with E-state index >= 15 is 0 Å². The van der Waals surface area contributed by atoms with Crippen molar-refractivity contribution in [3.63, 3.8) is 0 Å². The lowest BCUT2D eigenvalue weighted by atomic mass is 10.1. The van der Waals surface area contributed by atoms with Gasteiger partial charge in [-0.05, 0) is 19.1 Å². The topological polar surface area (TPSA) is 85.6 Å². The van der Waals surface area contributed by atoms with Crippen molar-refractivity contribution in [2.75, 3.05) is 11.1 Å². The number of amides is 1. The molecular formula is C22H20N6OS2. The third-order valence-corrected chi connectivity index (χ3v) is 6.08. The summed E-state index contributed by atoms with van der Waals surface area (Å²) in [7, 11) is 0. The summed E-state index contributed by atoms with van der Waals surface area (Å²) in [6.45, 7) is 6.37. The number of aryl methyl sites for hydroxylation is 1. The molecule has 1 aromatic carbocycles. The summed E-state index contributed by atoms with van der Waals surface area (Å²) in [5.74, 6) is 0.685. The first kappa shape index (κ1) is 21.0. The number of carbonyl (C=O) groups is 1. The van der Waals surface area contributed by atoms with Gasteiger partial charge in [0.15, 0.2) is 16.1 Å². The molecule has 156 valence electrons. The van der Waals surface area contributed by atoms with Crippen molar-refractivity contribution < 1.29 is 4.79 Å². The molecule has 9 heteroatoms. The van der Waals surface area contributed by atoms with E-state index in [1.54, 1.807) is 12.3 Å². The van der Waals surface area contributed by atoms with Gasteiger partial charge < -0.3 is 5.32 Å². The van der Waals surface area contributed by atoms with E-state index in [1.807, 2.05) is 59.3 Å². The lowest BCUT2D eigenvalue weighted by Gasteiger charge is -2.07. The number of allylic oxidation sites excluding steroid dienone is 1. The molecule has 0 aliphatic carbocycles. The Hall–Kier alpha value is -3.30. The van der Waals surface area contributed by atoms with Crippen LogP contribution < -0.4 is 5.32 Å². The van der Waals surface area contributed by atoms with Crippen LogP contribution in [0.15, 0.2) is 71.9 Å². The van der Waals surface area contributed by atoms with Gasteiger partial charge in [0.05, 0.1) is 11.4 Å². The zero-order chi connectivity index (χ0) is 21.6. The highest BCUT2D eigenvalue weighted by atomic mass is 32.2. The maximum Gasteiger partial charge on any atom is 0.236 e. The average Bonchev–Trinajstić information content (AvgIpc) is 3.41. The molecule has 0 spiro atoms. The minimum Gasteiger partial charge on any atom is -0.301 e. The number of nitrogens with zero attached hydrogens (tertiary/aromatic N) is 5. The third kappa shape index (κ3) is 5.07. The van der Waals surface area contributed by atoms with E-state index in [9.17, 15) is 4.79 Å². The maximum absolute atomic E-state index is 12.5. The predicted octanol–water partition coefficient (Wildman–Crippen LogP) is 4.69. The molecular weight excluding hydrogens is 428 g/mol. The van der Waals surface area contributed by atoms with Crippen LogP contribution in [0.5, 0.6) is 0 Å². The number of hydrogen-bond donors (Lipinski definition) is 1. The predicted molar refractivity (Wildman–Crippen MR) is 125 cm³/mol. The number of thioether (sulfide) groups is 1. The molecule has 0 atom stereocenters. The number of hydrogen-bond acceptors (Lipinski definition) is 7. The number of thiazole rings is 1. The average molecular weight is 449 g/mol. The van der Waals surface area contributed by atoms with E-state index in [1.165, 1.54) is 28.7 Å². The second kappa shape index (κ2) is 9.67. The van der Waals surface area contributed by atoms with Crippen LogP contribution in [0.2, 0.25) is 0 Å². The Kier molecular flexibility index (Phi) is 6.54. The van der Waals surface area contributed by atoms with E-state index in [-0.39, 0.29) is 11.7 Å². The van der Waals surface area contributed by atoms with Crippen LogP contribution in [0.25, 0.3) is 22.8 Å². The minimum atomic E-state index is -0.151. The second-order valence-corrected chi connectivity index (χ2v) is 8.46. The second-order valence-electron chi connectivity index (χ2n) is 6.66. The van der Waals surface area contributed by atoms with Crippen molar-refractivity contribution in [1.29, 1.82) is 0 Å². The highest BCUT2D eigenvalue weighted by molar-refractivity contribution is 7.99. The fourth-order valence-electron chi connectivity index (χ4n) is 2.85. The minimum absolute atomic E-state index is 0.151. The molecule has 0 saturated carbocycles. The van der Waals surface area contributed by atoms with E-state index in [0.717, 1.165) is 17.0 Å². The van der Waals surface area contributed by atoms with Crippen LogP contribution in [0.4, 0.5) is 5.13 Å². The summed E-state index contributed by atoms with van der Waals surface area (Å²) in [6.07, 6.45) is 3.48. The van der Waals surface area contributed by atoms with Gasteiger partial charge in [-0.2, -0.15) is 0 Å². The smallest absolute Gasteiger partial charge is 0.236 e. The third-order valence-electron chi connectivity index (χ3n) is 4.35.